The predicted molar refractivity (Wildman–Crippen MR) is 105 cm³/mol. The van der Waals surface area contributed by atoms with Crippen molar-refractivity contribution in [1.82, 2.24) is 9.97 Å². The van der Waals surface area contributed by atoms with Crippen molar-refractivity contribution in [2.45, 2.75) is 70.3 Å². The lowest BCUT2D eigenvalue weighted by atomic mass is 9.48. The van der Waals surface area contributed by atoms with Crippen LogP contribution in [0.3, 0.4) is 0 Å². The van der Waals surface area contributed by atoms with Gasteiger partial charge in [0.15, 0.2) is 5.95 Å². The maximum atomic E-state index is 10.1. The van der Waals surface area contributed by atoms with Gasteiger partial charge >= 0.3 is 0 Å². The summed E-state index contributed by atoms with van der Waals surface area (Å²) in [5, 5.41) is 10.1. The van der Waals surface area contributed by atoms with Crippen molar-refractivity contribution in [3.8, 4) is 0 Å². The van der Waals surface area contributed by atoms with Crippen molar-refractivity contribution in [3.05, 3.63) is 27.5 Å². The van der Waals surface area contributed by atoms with Gasteiger partial charge in [-0.1, -0.05) is 37.7 Å². The van der Waals surface area contributed by atoms with E-state index in [2.05, 4.69) is 29.9 Å². The van der Waals surface area contributed by atoms with E-state index in [1.807, 2.05) is 0 Å². The molecule has 4 aliphatic carbocycles. The first kappa shape index (κ1) is 16.9. The third-order valence-corrected chi connectivity index (χ3v) is 8.84. The molecule has 140 valence electrons. The standard InChI is InChI=1S/C21H29N3OS/c1-20-7-5-12(25)9-11(20)3-4-13-15(20)6-8-21(2)16(13)10-14-17(21)23-19(22)24-18(14)26/h3,12-13,15-16,25H,4-10H2,1-2H3,(H3,22,23,24,26)/t12-,13+,15-,16-,20-,21-/m0/s1. The highest BCUT2D eigenvalue weighted by molar-refractivity contribution is 7.71. The molecule has 6 atom stereocenters. The second-order valence-corrected chi connectivity index (χ2v) is 9.98. The van der Waals surface area contributed by atoms with Crippen LogP contribution in [-0.4, -0.2) is 21.2 Å². The van der Waals surface area contributed by atoms with Gasteiger partial charge < -0.3 is 15.8 Å². The minimum atomic E-state index is -0.137. The van der Waals surface area contributed by atoms with Gasteiger partial charge in [-0.2, -0.15) is 0 Å². The largest absolute Gasteiger partial charge is 0.393 e. The first-order valence-electron chi connectivity index (χ1n) is 10.1. The van der Waals surface area contributed by atoms with E-state index in [1.165, 1.54) is 29.7 Å². The second-order valence-electron chi connectivity index (χ2n) is 9.60. The molecule has 0 amide bonds. The van der Waals surface area contributed by atoms with Gasteiger partial charge in [0.2, 0.25) is 0 Å². The summed E-state index contributed by atoms with van der Waals surface area (Å²) in [6.07, 6.45) is 9.92. The van der Waals surface area contributed by atoms with E-state index in [1.54, 1.807) is 0 Å². The summed E-state index contributed by atoms with van der Waals surface area (Å²) in [5.74, 6) is 2.48. The molecule has 2 saturated carbocycles. The number of hydrogen-bond acceptors (Lipinski definition) is 4. The van der Waals surface area contributed by atoms with Crippen LogP contribution >= 0.6 is 12.2 Å². The number of anilines is 1. The molecule has 0 unspecified atom stereocenters. The number of aromatic nitrogens is 2. The lowest BCUT2D eigenvalue weighted by Gasteiger charge is -2.57. The van der Waals surface area contributed by atoms with Crippen LogP contribution < -0.4 is 5.73 Å². The summed E-state index contributed by atoms with van der Waals surface area (Å²) in [4.78, 5) is 7.71. The highest BCUT2D eigenvalue weighted by Crippen LogP contribution is 2.63. The molecule has 2 fully saturated rings. The van der Waals surface area contributed by atoms with Gasteiger partial charge in [0.05, 0.1) is 6.10 Å². The fraction of sp³-hybridized carbons (Fsp3) is 0.714. The number of nitrogen functional groups attached to an aromatic ring is 1. The first-order chi connectivity index (χ1) is 12.3. The number of rotatable bonds is 0. The molecule has 26 heavy (non-hydrogen) atoms. The molecule has 4 N–H and O–H groups in total. The Labute approximate surface area is 160 Å². The molecule has 1 aromatic rings. The van der Waals surface area contributed by atoms with E-state index in [4.69, 9.17) is 18.0 Å². The van der Waals surface area contributed by atoms with Crippen LogP contribution in [0.1, 0.15) is 63.6 Å². The van der Waals surface area contributed by atoms with Crippen LogP contribution in [0, 0.1) is 27.8 Å². The Hall–Kier alpha value is -1.20. The summed E-state index contributed by atoms with van der Waals surface area (Å²) in [5.41, 5.74) is 10.4. The number of nitrogens with two attached hydrogens (primary N) is 1. The second kappa shape index (κ2) is 5.41. The zero-order valence-electron chi connectivity index (χ0n) is 15.7. The van der Waals surface area contributed by atoms with Crippen molar-refractivity contribution in [1.29, 1.82) is 0 Å². The highest BCUT2D eigenvalue weighted by atomic mass is 32.1. The fourth-order valence-corrected chi connectivity index (χ4v) is 7.34. The Bertz CT molecular complexity index is 861. The number of aliphatic hydroxyl groups is 1. The summed E-state index contributed by atoms with van der Waals surface area (Å²) < 4.78 is 0.697. The van der Waals surface area contributed by atoms with Gasteiger partial charge in [-0.25, -0.2) is 4.98 Å². The lowest BCUT2D eigenvalue weighted by molar-refractivity contribution is -0.0169. The van der Waals surface area contributed by atoms with Crippen molar-refractivity contribution in [2.24, 2.45) is 23.2 Å². The number of allylic oxidation sites excluding steroid dienone is 1. The Kier molecular flexibility index (Phi) is 3.53. The van der Waals surface area contributed by atoms with Crippen molar-refractivity contribution >= 4 is 18.2 Å². The monoisotopic (exact) mass is 371 g/mol. The number of H-pyrrole nitrogens is 1. The molecule has 4 aliphatic rings. The van der Waals surface area contributed by atoms with E-state index in [9.17, 15) is 5.11 Å². The normalized spacial score (nSPS) is 43.7. The van der Waals surface area contributed by atoms with Gasteiger partial charge in [0.25, 0.3) is 0 Å². The van der Waals surface area contributed by atoms with Gasteiger partial charge in [-0.3, -0.25) is 0 Å². The molecule has 5 heteroatoms. The smallest absolute Gasteiger partial charge is 0.198 e. The molecule has 5 rings (SSSR count). The topological polar surface area (TPSA) is 74.9 Å². The fourth-order valence-electron chi connectivity index (χ4n) is 7.06. The molecule has 1 aromatic heterocycles. The molecule has 0 saturated heterocycles. The maximum Gasteiger partial charge on any atom is 0.198 e. The van der Waals surface area contributed by atoms with Crippen molar-refractivity contribution in [3.63, 3.8) is 0 Å². The summed E-state index contributed by atoms with van der Waals surface area (Å²) in [6, 6.07) is 0. The third kappa shape index (κ3) is 2.10. The third-order valence-electron chi connectivity index (χ3n) is 8.50. The van der Waals surface area contributed by atoms with Gasteiger partial charge in [0.1, 0.15) is 4.64 Å². The Morgan fingerprint density at radius 3 is 2.77 bits per heavy atom. The molecule has 1 heterocycles. The Morgan fingerprint density at radius 1 is 1.19 bits per heavy atom. The number of nitrogens with one attached hydrogen (secondary N) is 1. The quantitative estimate of drug-likeness (QED) is 0.475. The molecule has 0 radical (unpaired) electrons. The lowest BCUT2D eigenvalue weighted by Crippen LogP contribution is -2.51. The van der Waals surface area contributed by atoms with Crippen LogP contribution in [0.15, 0.2) is 11.6 Å². The van der Waals surface area contributed by atoms with Crippen LogP contribution in [0.5, 0.6) is 0 Å². The molecule has 0 aliphatic heterocycles. The van der Waals surface area contributed by atoms with E-state index in [0.29, 0.717) is 22.4 Å². The molecular weight excluding hydrogens is 342 g/mol. The summed E-state index contributed by atoms with van der Waals surface area (Å²) in [6.45, 7) is 4.88. The van der Waals surface area contributed by atoms with Crippen LogP contribution in [0.2, 0.25) is 0 Å². The van der Waals surface area contributed by atoms with E-state index in [0.717, 1.165) is 38.0 Å². The number of fused-ring (bicyclic) bond motifs is 7. The number of aliphatic hydroxyl groups excluding tert-OH is 1. The van der Waals surface area contributed by atoms with Gasteiger partial charge in [-0.15, -0.1) is 0 Å². The van der Waals surface area contributed by atoms with E-state index >= 15 is 0 Å². The number of aromatic amines is 1. The predicted octanol–water partition coefficient (Wildman–Crippen LogP) is 4.06. The number of hydrogen-bond donors (Lipinski definition) is 3. The molecule has 0 spiro atoms. The van der Waals surface area contributed by atoms with Crippen molar-refractivity contribution in [2.75, 3.05) is 5.73 Å². The van der Waals surface area contributed by atoms with Crippen LogP contribution in [-0.2, 0) is 11.8 Å². The first-order valence-corrected chi connectivity index (χ1v) is 10.5. The van der Waals surface area contributed by atoms with Crippen LogP contribution in [0.4, 0.5) is 5.95 Å². The van der Waals surface area contributed by atoms with Crippen LogP contribution in [0.25, 0.3) is 0 Å². The molecule has 4 nitrogen and oxygen atoms in total. The van der Waals surface area contributed by atoms with E-state index < -0.39 is 0 Å². The minimum absolute atomic E-state index is 0.136. The summed E-state index contributed by atoms with van der Waals surface area (Å²) >= 11 is 5.56. The van der Waals surface area contributed by atoms with E-state index in [-0.39, 0.29) is 16.9 Å². The Morgan fingerprint density at radius 2 is 1.96 bits per heavy atom. The molecular formula is C21H29N3OS. The zero-order valence-corrected chi connectivity index (χ0v) is 16.5. The zero-order chi connectivity index (χ0) is 18.3. The number of nitrogens with zero attached hydrogens (tertiary/aromatic N) is 1. The summed E-state index contributed by atoms with van der Waals surface area (Å²) in [7, 11) is 0. The van der Waals surface area contributed by atoms with Gasteiger partial charge in [0, 0.05) is 16.7 Å². The van der Waals surface area contributed by atoms with Gasteiger partial charge in [-0.05, 0) is 68.1 Å². The highest BCUT2D eigenvalue weighted by Gasteiger charge is 2.58. The maximum absolute atomic E-state index is 10.1. The molecule has 0 aromatic carbocycles. The average Bonchev–Trinajstić information content (AvgIpc) is 2.89. The SMILES string of the molecule is C[C@]12CC[C@H](O)CC1=CC[C@@H]1[C@@H]2CC[C@]2(C)c3[nH]c(N)nc(=S)c3C[C@@H]12. The minimum Gasteiger partial charge on any atom is -0.393 e. The Balaban J connectivity index is 1.56. The average molecular weight is 372 g/mol. The van der Waals surface area contributed by atoms with Crippen molar-refractivity contribution < 1.29 is 5.11 Å². The molecule has 0 bridgehead atoms.